The lowest BCUT2D eigenvalue weighted by molar-refractivity contribution is 0.00370. The highest BCUT2D eigenvalue weighted by atomic mass is 16.5. The molecule has 1 atom stereocenters. The lowest BCUT2D eigenvalue weighted by Gasteiger charge is -2.21. The van der Waals surface area contributed by atoms with Gasteiger partial charge in [-0.25, -0.2) is 4.68 Å². The SMILES string of the molecule is N#CCc1cc(C#CC2CC2)ccc1-c1cn(CC2CCCCO2)nn1. The minimum atomic E-state index is 0.219. The van der Waals surface area contributed by atoms with Crippen LogP contribution in [0.1, 0.15) is 43.2 Å². The summed E-state index contributed by atoms with van der Waals surface area (Å²) in [5.74, 6) is 7.06. The molecule has 1 aliphatic heterocycles. The molecule has 1 aromatic heterocycles. The van der Waals surface area contributed by atoms with Crippen molar-refractivity contribution in [3.63, 3.8) is 0 Å². The van der Waals surface area contributed by atoms with Gasteiger partial charge in [-0.1, -0.05) is 23.1 Å². The third kappa shape index (κ3) is 4.12. The van der Waals surface area contributed by atoms with Crippen molar-refractivity contribution in [2.75, 3.05) is 6.61 Å². The van der Waals surface area contributed by atoms with Crippen molar-refractivity contribution in [1.82, 2.24) is 15.0 Å². The molecule has 0 amide bonds. The van der Waals surface area contributed by atoms with Crippen LogP contribution in [-0.2, 0) is 17.7 Å². The summed E-state index contributed by atoms with van der Waals surface area (Å²) in [6, 6.07) is 8.28. The second-order valence-electron chi connectivity index (χ2n) is 7.06. The van der Waals surface area contributed by atoms with Crippen LogP contribution in [0.25, 0.3) is 11.3 Å². The van der Waals surface area contributed by atoms with Gasteiger partial charge in [-0.3, -0.25) is 0 Å². The molecule has 2 aromatic rings. The monoisotopic (exact) mass is 346 g/mol. The second kappa shape index (κ2) is 7.72. The highest BCUT2D eigenvalue weighted by Crippen LogP contribution is 2.28. The van der Waals surface area contributed by atoms with Gasteiger partial charge in [0.15, 0.2) is 0 Å². The maximum Gasteiger partial charge on any atom is 0.113 e. The molecule has 132 valence electrons. The van der Waals surface area contributed by atoms with Gasteiger partial charge in [0.2, 0.25) is 0 Å². The van der Waals surface area contributed by atoms with E-state index in [9.17, 15) is 5.26 Å². The van der Waals surface area contributed by atoms with E-state index in [0.29, 0.717) is 12.3 Å². The van der Waals surface area contributed by atoms with Crippen LogP contribution >= 0.6 is 0 Å². The van der Waals surface area contributed by atoms with Crippen LogP contribution in [0.2, 0.25) is 0 Å². The Morgan fingerprint density at radius 3 is 2.92 bits per heavy atom. The van der Waals surface area contributed by atoms with Gasteiger partial charge < -0.3 is 4.74 Å². The van der Waals surface area contributed by atoms with Gasteiger partial charge in [-0.2, -0.15) is 5.26 Å². The molecule has 0 bridgehead atoms. The second-order valence-corrected chi connectivity index (χ2v) is 7.06. The maximum atomic E-state index is 9.19. The van der Waals surface area contributed by atoms with E-state index in [-0.39, 0.29) is 6.10 Å². The molecule has 4 rings (SSSR count). The third-order valence-electron chi connectivity index (χ3n) is 4.85. The van der Waals surface area contributed by atoms with Crippen molar-refractivity contribution in [2.45, 2.75) is 51.2 Å². The van der Waals surface area contributed by atoms with Gasteiger partial charge in [-0.15, -0.1) is 5.10 Å². The van der Waals surface area contributed by atoms with E-state index in [1.807, 2.05) is 29.1 Å². The molecular formula is C21H22N4O. The molecule has 1 aliphatic carbocycles. The van der Waals surface area contributed by atoms with E-state index in [2.05, 4.69) is 28.2 Å². The first kappa shape index (κ1) is 16.8. The zero-order valence-corrected chi connectivity index (χ0v) is 14.8. The van der Waals surface area contributed by atoms with E-state index in [1.165, 1.54) is 19.3 Å². The lowest BCUT2D eigenvalue weighted by atomic mass is 9.99. The number of nitriles is 1. The molecular weight excluding hydrogens is 324 g/mol. The Bertz CT molecular complexity index is 873. The summed E-state index contributed by atoms with van der Waals surface area (Å²) in [4.78, 5) is 0. The highest BCUT2D eigenvalue weighted by Gasteiger charge is 2.18. The number of hydrogen-bond acceptors (Lipinski definition) is 4. The lowest BCUT2D eigenvalue weighted by Crippen LogP contribution is -2.24. The molecule has 1 saturated heterocycles. The number of nitrogens with zero attached hydrogens (tertiary/aromatic N) is 4. The Morgan fingerprint density at radius 1 is 1.23 bits per heavy atom. The molecule has 26 heavy (non-hydrogen) atoms. The van der Waals surface area contributed by atoms with Crippen LogP contribution < -0.4 is 0 Å². The van der Waals surface area contributed by atoms with Gasteiger partial charge in [-0.05, 0) is 49.8 Å². The first-order valence-corrected chi connectivity index (χ1v) is 9.35. The predicted molar refractivity (Wildman–Crippen MR) is 98.0 cm³/mol. The van der Waals surface area contributed by atoms with Crippen LogP contribution in [0.4, 0.5) is 0 Å². The summed E-state index contributed by atoms with van der Waals surface area (Å²) in [6.07, 6.45) is 8.36. The Balaban J connectivity index is 1.54. The molecule has 2 fully saturated rings. The van der Waals surface area contributed by atoms with Gasteiger partial charge in [0, 0.05) is 23.7 Å². The molecule has 1 aromatic carbocycles. The molecule has 0 N–H and O–H groups in total. The topological polar surface area (TPSA) is 63.7 Å². The summed E-state index contributed by atoms with van der Waals surface area (Å²) in [5.41, 5.74) is 3.68. The average molecular weight is 346 g/mol. The number of rotatable bonds is 4. The quantitative estimate of drug-likeness (QED) is 0.797. The normalized spacial score (nSPS) is 19.4. The van der Waals surface area contributed by atoms with Crippen molar-refractivity contribution in [2.24, 2.45) is 5.92 Å². The summed E-state index contributed by atoms with van der Waals surface area (Å²) >= 11 is 0. The zero-order valence-electron chi connectivity index (χ0n) is 14.8. The summed E-state index contributed by atoms with van der Waals surface area (Å²) in [7, 11) is 0. The molecule has 2 aliphatic rings. The fraction of sp³-hybridized carbons (Fsp3) is 0.476. The van der Waals surface area contributed by atoms with Gasteiger partial charge in [0.05, 0.1) is 31.3 Å². The first-order chi connectivity index (χ1) is 12.8. The molecule has 1 saturated carbocycles. The average Bonchev–Trinajstić information content (AvgIpc) is 3.39. The first-order valence-electron chi connectivity index (χ1n) is 9.35. The van der Waals surface area contributed by atoms with E-state index in [4.69, 9.17) is 4.74 Å². The fourth-order valence-electron chi connectivity index (χ4n) is 3.24. The minimum absolute atomic E-state index is 0.219. The van der Waals surface area contributed by atoms with E-state index in [1.54, 1.807) is 0 Å². The zero-order chi connectivity index (χ0) is 17.8. The Labute approximate surface area is 154 Å². The molecule has 1 unspecified atom stereocenters. The van der Waals surface area contributed by atoms with Crippen molar-refractivity contribution in [3.05, 3.63) is 35.5 Å². The number of ether oxygens (including phenoxy) is 1. The third-order valence-corrected chi connectivity index (χ3v) is 4.85. The van der Waals surface area contributed by atoms with Crippen LogP contribution in [-0.4, -0.2) is 27.7 Å². The predicted octanol–water partition coefficient (Wildman–Crippen LogP) is 3.34. The van der Waals surface area contributed by atoms with Crippen molar-refractivity contribution in [1.29, 1.82) is 5.26 Å². The number of aromatic nitrogens is 3. The summed E-state index contributed by atoms with van der Waals surface area (Å²) in [6.45, 7) is 1.56. The smallest absolute Gasteiger partial charge is 0.113 e. The number of hydrogen-bond donors (Lipinski definition) is 0. The standard InChI is InChI=1S/C21H22N4O/c22-11-10-18-13-17(7-6-16-4-5-16)8-9-20(18)21-15-25(24-23-21)14-19-3-1-2-12-26-19/h8-9,13,15-16,19H,1-5,10,12,14H2. The molecule has 0 radical (unpaired) electrons. The van der Waals surface area contributed by atoms with Crippen molar-refractivity contribution in [3.8, 4) is 29.2 Å². The van der Waals surface area contributed by atoms with E-state index < -0.39 is 0 Å². The maximum absolute atomic E-state index is 9.19. The largest absolute Gasteiger partial charge is 0.376 e. The highest BCUT2D eigenvalue weighted by molar-refractivity contribution is 5.65. The van der Waals surface area contributed by atoms with Crippen LogP contribution in [0.5, 0.6) is 0 Å². The summed E-state index contributed by atoms with van der Waals surface area (Å²) < 4.78 is 7.63. The van der Waals surface area contributed by atoms with Crippen molar-refractivity contribution >= 4 is 0 Å². The Morgan fingerprint density at radius 2 is 2.15 bits per heavy atom. The van der Waals surface area contributed by atoms with Crippen LogP contribution in [0, 0.1) is 29.1 Å². The molecule has 2 heterocycles. The molecule has 5 nitrogen and oxygen atoms in total. The fourth-order valence-corrected chi connectivity index (χ4v) is 3.24. The van der Waals surface area contributed by atoms with Crippen LogP contribution in [0.15, 0.2) is 24.4 Å². The Hall–Kier alpha value is -2.63. The van der Waals surface area contributed by atoms with Gasteiger partial charge >= 0.3 is 0 Å². The van der Waals surface area contributed by atoms with Crippen molar-refractivity contribution < 1.29 is 4.74 Å². The minimum Gasteiger partial charge on any atom is -0.376 e. The molecule has 5 heteroatoms. The summed E-state index contributed by atoms with van der Waals surface area (Å²) in [5, 5.41) is 17.8. The molecule has 0 spiro atoms. The Kier molecular flexibility index (Phi) is 5.00. The number of benzene rings is 1. The van der Waals surface area contributed by atoms with E-state index in [0.717, 1.165) is 48.4 Å². The van der Waals surface area contributed by atoms with E-state index >= 15 is 0 Å². The van der Waals surface area contributed by atoms with Gasteiger partial charge in [0.25, 0.3) is 0 Å². The van der Waals surface area contributed by atoms with Crippen LogP contribution in [0.3, 0.4) is 0 Å². The van der Waals surface area contributed by atoms with Gasteiger partial charge in [0.1, 0.15) is 5.69 Å².